The third-order valence-corrected chi connectivity index (χ3v) is 4.04. The van der Waals surface area contributed by atoms with Gasteiger partial charge in [-0.3, -0.25) is 0 Å². The molecule has 0 aliphatic heterocycles. The van der Waals surface area contributed by atoms with E-state index in [-0.39, 0.29) is 11.4 Å². The van der Waals surface area contributed by atoms with Gasteiger partial charge in [0.2, 0.25) is 10.0 Å². The fourth-order valence-corrected chi connectivity index (χ4v) is 2.63. The highest BCUT2D eigenvalue weighted by molar-refractivity contribution is 7.89. The molecular formula is C12H18N2O5S. The van der Waals surface area contributed by atoms with Crippen molar-refractivity contribution < 1.29 is 23.4 Å². The van der Waals surface area contributed by atoms with Crippen LogP contribution in [0.25, 0.3) is 0 Å². The van der Waals surface area contributed by atoms with Crippen molar-refractivity contribution in [3.63, 3.8) is 0 Å². The number of aromatic carboxylic acids is 1. The Morgan fingerprint density at radius 3 is 2.60 bits per heavy atom. The van der Waals surface area contributed by atoms with Crippen LogP contribution >= 0.6 is 0 Å². The zero-order valence-corrected chi connectivity index (χ0v) is 11.9. The molecule has 4 N–H and O–H groups in total. The molecule has 112 valence electrons. The topological polar surface area (TPSA) is 116 Å². The summed E-state index contributed by atoms with van der Waals surface area (Å²) in [6.45, 7) is 3.70. The van der Waals surface area contributed by atoms with Gasteiger partial charge in [-0.25, -0.2) is 17.9 Å². The van der Waals surface area contributed by atoms with Gasteiger partial charge in [0, 0.05) is 6.54 Å². The number of benzene rings is 1. The second-order valence-electron chi connectivity index (χ2n) is 4.09. The lowest BCUT2D eigenvalue weighted by atomic mass is 10.2. The highest BCUT2D eigenvalue weighted by Crippen LogP contribution is 2.21. The van der Waals surface area contributed by atoms with E-state index in [1.54, 1.807) is 0 Å². The van der Waals surface area contributed by atoms with Gasteiger partial charge in [0.1, 0.15) is 11.3 Å². The van der Waals surface area contributed by atoms with Crippen molar-refractivity contribution in [2.24, 2.45) is 0 Å². The van der Waals surface area contributed by atoms with E-state index in [1.807, 2.05) is 6.92 Å². The summed E-state index contributed by atoms with van der Waals surface area (Å²) >= 11 is 0. The highest BCUT2D eigenvalue weighted by Gasteiger charge is 2.18. The molecule has 0 amide bonds. The summed E-state index contributed by atoms with van der Waals surface area (Å²) in [5.41, 5.74) is -0.444. The molecule has 0 aliphatic carbocycles. The number of carboxylic acids is 1. The second-order valence-corrected chi connectivity index (χ2v) is 5.86. The maximum atomic E-state index is 11.9. The zero-order valence-electron chi connectivity index (χ0n) is 11.1. The molecule has 0 saturated heterocycles. The lowest BCUT2D eigenvalue weighted by molar-refractivity contribution is 0.0693. The molecule has 0 saturated carbocycles. The van der Waals surface area contributed by atoms with Crippen molar-refractivity contribution in [1.29, 1.82) is 0 Å². The quantitative estimate of drug-likeness (QED) is 0.516. The first-order chi connectivity index (χ1) is 9.38. The molecular weight excluding hydrogens is 284 g/mol. The van der Waals surface area contributed by atoms with Crippen LogP contribution in [0.4, 0.5) is 0 Å². The van der Waals surface area contributed by atoms with Gasteiger partial charge < -0.3 is 15.5 Å². The molecule has 1 aromatic carbocycles. The van der Waals surface area contributed by atoms with E-state index < -0.39 is 27.3 Å². The smallest absolute Gasteiger partial charge is 0.339 e. The Kier molecular flexibility index (Phi) is 5.93. The molecule has 0 unspecified atom stereocenters. The summed E-state index contributed by atoms with van der Waals surface area (Å²) in [6, 6.07) is 3.15. The number of carbonyl (C=O) groups is 1. The number of phenols is 1. The molecule has 1 rings (SSSR count). The summed E-state index contributed by atoms with van der Waals surface area (Å²) in [6.07, 6.45) is 0.622. The van der Waals surface area contributed by atoms with Crippen LogP contribution in [-0.4, -0.2) is 44.2 Å². The maximum Gasteiger partial charge on any atom is 0.339 e. The van der Waals surface area contributed by atoms with E-state index in [4.69, 9.17) is 5.11 Å². The minimum absolute atomic E-state index is 0.184. The predicted octanol–water partition coefficient (Wildman–Crippen LogP) is 0.368. The van der Waals surface area contributed by atoms with Gasteiger partial charge in [-0.2, -0.15) is 0 Å². The van der Waals surface area contributed by atoms with Crippen LogP contribution in [0.2, 0.25) is 0 Å². The third kappa shape index (κ3) is 4.48. The third-order valence-electron chi connectivity index (χ3n) is 2.58. The van der Waals surface area contributed by atoms with Crippen molar-refractivity contribution >= 4 is 16.0 Å². The van der Waals surface area contributed by atoms with Crippen LogP contribution < -0.4 is 10.0 Å². The summed E-state index contributed by atoms with van der Waals surface area (Å²) in [5, 5.41) is 21.2. The average Bonchev–Trinajstić information content (AvgIpc) is 2.38. The van der Waals surface area contributed by atoms with Crippen molar-refractivity contribution in [3.8, 4) is 5.75 Å². The van der Waals surface area contributed by atoms with E-state index in [9.17, 15) is 18.3 Å². The van der Waals surface area contributed by atoms with Crippen LogP contribution in [0.3, 0.4) is 0 Å². The molecule has 0 aliphatic rings. The zero-order chi connectivity index (χ0) is 15.2. The van der Waals surface area contributed by atoms with E-state index in [2.05, 4.69) is 10.0 Å². The first-order valence-corrected chi connectivity index (χ1v) is 7.63. The number of sulfonamides is 1. The van der Waals surface area contributed by atoms with Gasteiger partial charge in [-0.1, -0.05) is 6.92 Å². The first kappa shape index (κ1) is 16.4. The Morgan fingerprint density at radius 2 is 2.00 bits per heavy atom. The van der Waals surface area contributed by atoms with Gasteiger partial charge in [0.05, 0.1) is 4.90 Å². The monoisotopic (exact) mass is 302 g/mol. The fraction of sp³-hybridized carbons (Fsp3) is 0.417. The highest BCUT2D eigenvalue weighted by atomic mass is 32.2. The van der Waals surface area contributed by atoms with Crippen molar-refractivity contribution in [2.45, 2.75) is 18.2 Å². The van der Waals surface area contributed by atoms with Gasteiger partial charge in [0.15, 0.2) is 0 Å². The maximum absolute atomic E-state index is 11.9. The van der Waals surface area contributed by atoms with Crippen LogP contribution in [0.1, 0.15) is 23.7 Å². The van der Waals surface area contributed by atoms with Gasteiger partial charge in [-0.15, -0.1) is 0 Å². The van der Waals surface area contributed by atoms with E-state index in [1.165, 1.54) is 0 Å². The van der Waals surface area contributed by atoms with E-state index >= 15 is 0 Å². The Morgan fingerprint density at radius 1 is 1.30 bits per heavy atom. The number of hydrogen-bond acceptors (Lipinski definition) is 5. The fourth-order valence-electron chi connectivity index (χ4n) is 1.53. The SMILES string of the molecule is CCNCCCNS(=O)(=O)c1ccc(O)c(C(=O)O)c1. The van der Waals surface area contributed by atoms with Crippen LogP contribution in [0.5, 0.6) is 5.75 Å². The Hall–Kier alpha value is -1.64. The standard InChI is InChI=1S/C12H18N2O5S/c1-2-13-6-3-7-14-20(18,19)9-4-5-11(15)10(8-9)12(16)17/h4-5,8,13-15H,2-3,6-7H2,1H3,(H,16,17). The summed E-state index contributed by atoms with van der Waals surface area (Å²) in [7, 11) is -3.77. The van der Waals surface area contributed by atoms with E-state index in [0.717, 1.165) is 24.7 Å². The molecule has 0 fully saturated rings. The molecule has 20 heavy (non-hydrogen) atoms. The van der Waals surface area contributed by atoms with Gasteiger partial charge in [-0.05, 0) is 37.7 Å². The molecule has 0 spiro atoms. The van der Waals surface area contributed by atoms with E-state index in [0.29, 0.717) is 13.0 Å². The Bertz CT molecular complexity index is 571. The molecule has 8 heteroatoms. The normalized spacial score (nSPS) is 11.4. The molecule has 7 nitrogen and oxygen atoms in total. The lowest BCUT2D eigenvalue weighted by Crippen LogP contribution is -2.27. The van der Waals surface area contributed by atoms with Crippen LogP contribution in [-0.2, 0) is 10.0 Å². The summed E-state index contributed by atoms with van der Waals surface area (Å²) < 4.78 is 26.3. The number of nitrogens with one attached hydrogen (secondary N) is 2. The summed E-state index contributed by atoms with van der Waals surface area (Å²) in [5.74, 6) is -1.85. The summed E-state index contributed by atoms with van der Waals surface area (Å²) in [4.78, 5) is 10.7. The van der Waals surface area contributed by atoms with Gasteiger partial charge in [0.25, 0.3) is 0 Å². The molecule has 0 heterocycles. The lowest BCUT2D eigenvalue weighted by Gasteiger charge is -2.08. The van der Waals surface area contributed by atoms with Crippen LogP contribution in [0, 0.1) is 0 Å². The molecule has 1 aromatic rings. The minimum atomic E-state index is -3.77. The largest absolute Gasteiger partial charge is 0.507 e. The van der Waals surface area contributed by atoms with Crippen molar-refractivity contribution in [1.82, 2.24) is 10.0 Å². The number of carboxylic acid groups (broad SMARTS) is 1. The van der Waals surface area contributed by atoms with Crippen LogP contribution in [0.15, 0.2) is 23.1 Å². The van der Waals surface area contributed by atoms with Gasteiger partial charge >= 0.3 is 5.97 Å². The Labute approximate surface area is 117 Å². The molecule has 0 radical (unpaired) electrons. The second kappa shape index (κ2) is 7.22. The minimum Gasteiger partial charge on any atom is -0.507 e. The Balaban J connectivity index is 2.77. The van der Waals surface area contributed by atoms with Crippen molar-refractivity contribution in [3.05, 3.63) is 23.8 Å². The predicted molar refractivity (Wildman–Crippen MR) is 73.4 cm³/mol. The molecule has 0 atom stereocenters. The number of rotatable bonds is 8. The average molecular weight is 302 g/mol. The number of hydrogen-bond donors (Lipinski definition) is 4. The van der Waals surface area contributed by atoms with Crippen molar-refractivity contribution in [2.75, 3.05) is 19.6 Å². The molecule has 0 aromatic heterocycles. The first-order valence-electron chi connectivity index (χ1n) is 6.15. The molecule has 0 bridgehead atoms. The number of aromatic hydroxyl groups is 1.